The molecule has 2 rings (SSSR count). The minimum atomic E-state index is -1.22. The minimum Gasteiger partial charge on any atom is -0.478 e. The summed E-state index contributed by atoms with van der Waals surface area (Å²) in [4.78, 5) is 23.1. The van der Waals surface area contributed by atoms with E-state index in [4.69, 9.17) is 9.84 Å². The minimum absolute atomic E-state index is 0.0598. The van der Waals surface area contributed by atoms with Crippen molar-refractivity contribution in [1.82, 2.24) is 5.32 Å². The Bertz CT molecular complexity index is 601. The van der Waals surface area contributed by atoms with Crippen molar-refractivity contribution in [3.8, 4) is 0 Å². The highest BCUT2D eigenvalue weighted by molar-refractivity contribution is 5.96. The van der Waals surface area contributed by atoms with Crippen molar-refractivity contribution >= 4 is 11.9 Å². The normalized spacial score (nSPS) is 20.8. The number of ether oxygens (including phenoxy) is 1. The Morgan fingerprint density at radius 3 is 2.67 bits per heavy atom. The van der Waals surface area contributed by atoms with Gasteiger partial charge in [0.25, 0.3) is 5.91 Å². The molecule has 1 amide bonds. The molecule has 0 aromatic heterocycles. The van der Waals surface area contributed by atoms with Crippen LogP contribution in [0.5, 0.6) is 0 Å². The highest BCUT2D eigenvalue weighted by Crippen LogP contribution is 2.25. The second-order valence-corrected chi connectivity index (χ2v) is 6.18. The number of hydrogen-bond donors (Lipinski definition) is 2. The van der Waals surface area contributed by atoms with Crippen molar-refractivity contribution < 1.29 is 23.8 Å². The number of carboxylic acid groups (broad SMARTS) is 1. The second kappa shape index (κ2) is 8.24. The highest BCUT2D eigenvalue weighted by atomic mass is 19.1. The van der Waals surface area contributed by atoms with Gasteiger partial charge in [-0.3, -0.25) is 4.79 Å². The fourth-order valence-corrected chi connectivity index (χ4v) is 3.20. The Labute approximate surface area is 141 Å². The van der Waals surface area contributed by atoms with Crippen molar-refractivity contribution in [1.29, 1.82) is 0 Å². The van der Waals surface area contributed by atoms with E-state index in [0.29, 0.717) is 25.4 Å². The SMILES string of the molecule is CCC(CC)[C@H]1C[C@@H](NC(=O)c2ccc(C(=O)O)cc2F)CCO1. The number of nitrogens with one attached hydrogen (secondary N) is 1. The van der Waals surface area contributed by atoms with Gasteiger partial charge in [-0.2, -0.15) is 0 Å². The lowest BCUT2D eigenvalue weighted by Gasteiger charge is -2.34. The predicted octanol–water partition coefficient (Wildman–Crippen LogP) is 3.24. The van der Waals surface area contributed by atoms with Crippen LogP contribution in [0.3, 0.4) is 0 Å². The summed E-state index contributed by atoms with van der Waals surface area (Å²) in [6, 6.07) is 3.26. The average Bonchev–Trinajstić information content (AvgIpc) is 2.56. The third-order valence-electron chi connectivity index (χ3n) is 4.69. The number of aromatic carboxylic acids is 1. The van der Waals surface area contributed by atoms with E-state index in [9.17, 15) is 14.0 Å². The molecule has 1 aromatic carbocycles. The number of carboxylic acids is 1. The van der Waals surface area contributed by atoms with E-state index in [-0.39, 0.29) is 23.3 Å². The molecule has 0 saturated carbocycles. The van der Waals surface area contributed by atoms with Crippen LogP contribution in [0.2, 0.25) is 0 Å². The first kappa shape index (κ1) is 18.4. The zero-order chi connectivity index (χ0) is 17.7. The number of halogens is 1. The van der Waals surface area contributed by atoms with Crippen LogP contribution in [0.25, 0.3) is 0 Å². The van der Waals surface area contributed by atoms with Crippen LogP contribution >= 0.6 is 0 Å². The molecule has 5 nitrogen and oxygen atoms in total. The van der Waals surface area contributed by atoms with Crippen LogP contribution in [-0.2, 0) is 4.74 Å². The second-order valence-electron chi connectivity index (χ2n) is 6.18. The summed E-state index contributed by atoms with van der Waals surface area (Å²) >= 11 is 0. The Morgan fingerprint density at radius 1 is 1.38 bits per heavy atom. The number of rotatable bonds is 6. The maximum atomic E-state index is 14.0. The van der Waals surface area contributed by atoms with Gasteiger partial charge in [-0.1, -0.05) is 26.7 Å². The van der Waals surface area contributed by atoms with Crippen molar-refractivity contribution in [3.63, 3.8) is 0 Å². The standard InChI is InChI=1S/C18H24FNO4/c1-3-11(4-2)16-10-13(7-8-24-16)20-17(21)14-6-5-12(18(22)23)9-15(14)19/h5-6,9,11,13,16H,3-4,7-8,10H2,1-2H3,(H,20,21)(H,22,23)/t13-,16+/m0/s1. The number of carbonyl (C=O) groups is 2. The van der Waals surface area contributed by atoms with Crippen LogP contribution in [-0.4, -0.2) is 35.7 Å². The van der Waals surface area contributed by atoms with Gasteiger partial charge in [0.1, 0.15) is 5.82 Å². The molecule has 0 spiro atoms. The largest absolute Gasteiger partial charge is 0.478 e. The highest BCUT2D eigenvalue weighted by Gasteiger charge is 2.29. The summed E-state index contributed by atoms with van der Waals surface area (Å²) in [5.41, 5.74) is -0.311. The Balaban J connectivity index is 2.02. The molecule has 24 heavy (non-hydrogen) atoms. The van der Waals surface area contributed by atoms with Gasteiger partial charge in [0.05, 0.1) is 17.2 Å². The predicted molar refractivity (Wildman–Crippen MR) is 87.7 cm³/mol. The van der Waals surface area contributed by atoms with E-state index in [2.05, 4.69) is 19.2 Å². The van der Waals surface area contributed by atoms with Crippen molar-refractivity contribution in [2.45, 2.75) is 51.7 Å². The number of carbonyl (C=O) groups excluding carboxylic acids is 1. The molecule has 2 N–H and O–H groups in total. The van der Waals surface area contributed by atoms with E-state index in [1.165, 1.54) is 12.1 Å². The topological polar surface area (TPSA) is 75.6 Å². The van der Waals surface area contributed by atoms with E-state index < -0.39 is 17.7 Å². The summed E-state index contributed by atoms with van der Waals surface area (Å²) in [5.74, 6) is -2.11. The summed E-state index contributed by atoms with van der Waals surface area (Å²) in [7, 11) is 0. The first-order valence-electron chi connectivity index (χ1n) is 8.41. The van der Waals surface area contributed by atoms with Gasteiger partial charge in [0.2, 0.25) is 0 Å². The molecule has 1 aliphatic heterocycles. The van der Waals surface area contributed by atoms with E-state index >= 15 is 0 Å². The lowest BCUT2D eigenvalue weighted by atomic mass is 9.89. The number of hydrogen-bond acceptors (Lipinski definition) is 3. The Morgan fingerprint density at radius 2 is 2.08 bits per heavy atom. The van der Waals surface area contributed by atoms with Gasteiger partial charge in [-0.15, -0.1) is 0 Å². The van der Waals surface area contributed by atoms with Crippen LogP contribution in [0.1, 0.15) is 60.2 Å². The average molecular weight is 337 g/mol. The molecular weight excluding hydrogens is 313 g/mol. The van der Waals surface area contributed by atoms with E-state index in [0.717, 1.165) is 18.9 Å². The fourth-order valence-electron chi connectivity index (χ4n) is 3.20. The molecule has 1 fully saturated rings. The van der Waals surface area contributed by atoms with Gasteiger partial charge in [-0.25, -0.2) is 9.18 Å². The zero-order valence-electron chi connectivity index (χ0n) is 14.0. The monoisotopic (exact) mass is 337 g/mol. The van der Waals surface area contributed by atoms with E-state index in [1.807, 2.05) is 0 Å². The quantitative estimate of drug-likeness (QED) is 0.835. The lowest BCUT2D eigenvalue weighted by molar-refractivity contribution is -0.0337. The van der Waals surface area contributed by atoms with Crippen molar-refractivity contribution in [2.24, 2.45) is 5.92 Å². The number of benzene rings is 1. The van der Waals surface area contributed by atoms with Gasteiger partial charge >= 0.3 is 5.97 Å². The third kappa shape index (κ3) is 4.32. The maximum absolute atomic E-state index is 14.0. The molecule has 132 valence electrons. The van der Waals surface area contributed by atoms with Gasteiger partial charge in [0, 0.05) is 12.6 Å². The van der Waals surface area contributed by atoms with Crippen LogP contribution < -0.4 is 5.32 Å². The Hall–Kier alpha value is -1.95. The maximum Gasteiger partial charge on any atom is 0.335 e. The zero-order valence-corrected chi connectivity index (χ0v) is 14.0. The molecule has 0 radical (unpaired) electrons. The summed E-state index contributed by atoms with van der Waals surface area (Å²) in [6.07, 6.45) is 3.56. The van der Waals surface area contributed by atoms with Crippen LogP contribution in [0, 0.1) is 11.7 Å². The van der Waals surface area contributed by atoms with Gasteiger partial charge < -0.3 is 15.2 Å². The molecule has 2 atom stereocenters. The molecule has 1 aliphatic rings. The molecule has 1 saturated heterocycles. The first-order chi connectivity index (χ1) is 11.5. The smallest absolute Gasteiger partial charge is 0.335 e. The van der Waals surface area contributed by atoms with Crippen molar-refractivity contribution in [3.05, 3.63) is 35.1 Å². The summed E-state index contributed by atoms with van der Waals surface area (Å²) < 4.78 is 19.8. The van der Waals surface area contributed by atoms with Gasteiger partial charge in [0.15, 0.2) is 0 Å². The van der Waals surface area contributed by atoms with Crippen LogP contribution in [0.4, 0.5) is 4.39 Å². The molecule has 1 heterocycles. The summed E-state index contributed by atoms with van der Waals surface area (Å²) in [5, 5.41) is 11.7. The van der Waals surface area contributed by atoms with Crippen LogP contribution in [0.15, 0.2) is 18.2 Å². The first-order valence-corrected chi connectivity index (χ1v) is 8.41. The molecule has 1 aromatic rings. The lowest BCUT2D eigenvalue weighted by Crippen LogP contribution is -2.44. The molecule has 0 unspecified atom stereocenters. The van der Waals surface area contributed by atoms with Crippen molar-refractivity contribution in [2.75, 3.05) is 6.61 Å². The summed E-state index contributed by atoms with van der Waals surface area (Å²) in [6.45, 7) is 4.82. The van der Waals surface area contributed by atoms with E-state index in [1.54, 1.807) is 0 Å². The van der Waals surface area contributed by atoms with Gasteiger partial charge in [-0.05, 0) is 37.0 Å². The molecule has 6 heteroatoms. The fraction of sp³-hybridized carbons (Fsp3) is 0.556. The Kier molecular flexibility index (Phi) is 6.31. The molecular formula is C18H24FNO4. The molecule has 0 bridgehead atoms. The molecule has 0 aliphatic carbocycles. The third-order valence-corrected chi connectivity index (χ3v) is 4.69. The number of amides is 1.